The third kappa shape index (κ3) is 9.55. The van der Waals surface area contributed by atoms with E-state index in [0.717, 1.165) is 7.11 Å². The summed E-state index contributed by atoms with van der Waals surface area (Å²) in [6.07, 6.45) is 0.406. The first-order valence-corrected chi connectivity index (χ1v) is 3.19. The molecule has 0 spiro atoms. The van der Waals surface area contributed by atoms with Crippen molar-refractivity contribution in [3.8, 4) is 0 Å². The Balaban J connectivity index is -0.000000196. The van der Waals surface area contributed by atoms with Gasteiger partial charge in [0.05, 0.1) is 0 Å². The Labute approximate surface area is 67.2 Å². The Morgan fingerprint density at radius 2 is 1.64 bits per heavy atom. The summed E-state index contributed by atoms with van der Waals surface area (Å²) < 4.78 is 0. The van der Waals surface area contributed by atoms with Gasteiger partial charge in [0.15, 0.2) is 5.78 Å². The van der Waals surface area contributed by atoms with E-state index in [9.17, 15) is 4.79 Å². The molecule has 0 aliphatic heterocycles. The van der Waals surface area contributed by atoms with E-state index in [2.05, 4.69) is 0 Å². The fourth-order valence-electron chi connectivity index (χ4n) is 0.433. The molecule has 0 amide bonds. The third-order valence-corrected chi connectivity index (χ3v) is 1.00. The lowest BCUT2D eigenvalue weighted by molar-refractivity contribution is -0.133. The standard InChI is InChI=1S/C6H12O2.CH4O.H2O/c1-4-5(7)6(2,3)8;1-2;/h8H,4H2,1-3H3;2H,1H3;1H2. The van der Waals surface area contributed by atoms with Crippen LogP contribution in [0.2, 0.25) is 0 Å². The van der Waals surface area contributed by atoms with Crippen LogP contribution in [0.4, 0.5) is 0 Å². The van der Waals surface area contributed by atoms with Crippen LogP contribution in [0.25, 0.3) is 0 Å². The maximum Gasteiger partial charge on any atom is 0.163 e. The molecule has 11 heavy (non-hydrogen) atoms. The topological polar surface area (TPSA) is 89.0 Å². The number of aliphatic hydroxyl groups excluding tert-OH is 1. The molecule has 4 N–H and O–H groups in total. The van der Waals surface area contributed by atoms with Crippen molar-refractivity contribution in [1.29, 1.82) is 0 Å². The van der Waals surface area contributed by atoms with Gasteiger partial charge >= 0.3 is 0 Å². The summed E-state index contributed by atoms with van der Waals surface area (Å²) in [5, 5.41) is 15.9. The molecule has 0 heterocycles. The van der Waals surface area contributed by atoms with Crippen molar-refractivity contribution < 1.29 is 20.5 Å². The molecule has 0 saturated heterocycles. The van der Waals surface area contributed by atoms with Crippen molar-refractivity contribution in [1.82, 2.24) is 0 Å². The molecular weight excluding hydrogens is 148 g/mol. The van der Waals surface area contributed by atoms with Crippen LogP contribution in [0.5, 0.6) is 0 Å². The molecular formula is C7H18O4. The Hall–Kier alpha value is -0.450. The molecule has 0 aliphatic rings. The summed E-state index contributed by atoms with van der Waals surface area (Å²) in [5.41, 5.74) is -1.13. The van der Waals surface area contributed by atoms with Gasteiger partial charge < -0.3 is 15.7 Å². The van der Waals surface area contributed by atoms with Crippen molar-refractivity contribution in [3.63, 3.8) is 0 Å². The molecule has 0 saturated carbocycles. The molecule has 0 aromatic heterocycles. The zero-order chi connectivity index (χ0) is 8.78. The van der Waals surface area contributed by atoms with Crippen LogP contribution in [0.3, 0.4) is 0 Å². The van der Waals surface area contributed by atoms with Gasteiger partial charge in [0, 0.05) is 13.5 Å². The summed E-state index contributed by atoms with van der Waals surface area (Å²) in [4.78, 5) is 10.6. The van der Waals surface area contributed by atoms with Crippen LogP contribution in [-0.2, 0) is 4.79 Å². The van der Waals surface area contributed by atoms with Gasteiger partial charge in [0.1, 0.15) is 5.60 Å². The largest absolute Gasteiger partial charge is 0.412 e. The fraction of sp³-hybridized carbons (Fsp3) is 0.857. The molecule has 0 unspecified atom stereocenters. The van der Waals surface area contributed by atoms with Crippen molar-refractivity contribution in [3.05, 3.63) is 0 Å². The van der Waals surface area contributed by atoms with Gasteiger partial charge in [0.2, 0.25) is 0 Å². The third-order valence-electron chi connectivity index (χ3n) is 1.00. The normalized spacial score (nSPS) is 8.91. The summed E-state index contributed by atoms with van der Waals surface area (Å²) in [6, 6.07) is 0. The highest BCUT2D eigenvalue weighted by molar-refractivity contribution is 5.85. The second kappa shape index (κ2) is 7.65. The van der Waals surface area contributed by atoms with Gasteiger partial charge in [-0.2, -0.15) is 0 Å². The van der Waals surface area contributed by atoms with Gasteiger partial charge in [-0.25, -0.2) is 0 Å². The lowest BCUT2D eigenvalue weighted by Gasteiger charge is -2.12. The molecule has 70 valence electrons. The number of carbonyl (C=O) groups is 1. The molecule has 0 rings (SSSR count). The average molecular weight is 166 g/mol. The lowest BCUT2D eigenvalue weighted by atomic mass is 10.0. The highest BCUT2D eigenvalue weighted by Crippen LogP contribution is 2.03. The Morgan fingerprint density at radius 3 is 1.64 bits per heavy atom. The zero-order valence-electron chi connectivity index (χ0n) is 7.51. The number of ketones is 1. The van der Waals surface area contributed by atoms with E-state index in [-0.39, 0.29) is 11.3 Å². The lowest BCUT2D eigenvalue weighted by Crippen LogP contribution is -2.30. The Morgan fingerprint density at radius 1 is 1.36 bits per heavy atom. The number of hydrogen-bond donors (Lipinski definition) is 2. The van der Waals surface area contributed by atoms with Crippen LogP contribution in [-0.4, -0.2) is 34.2 Å². The van der Waals surface area contributed by atoms with Gasteiger partial charge in [-0.15, -0.1) is 0 Å². The van der Waals surface area contributed by atoms with Crippen LogP contribution in [0.1, 0.15) is 27.2 Å². The van der Waals surface area contributed by atoms with E-state index < -0.39 is 5.60 Å². The second-order valence-corrected chi connectivity index (χ2v) is 2.34. The molecule has 0 bridgehead atoms. The molecule has 4 nitrogen and oxygen atoms in total. The minimum atomic E-state index is -1.13. The number of rotatable bonds is 2. The van der Waals surface area contributed by atoms with Crippen molar-refractivity contribution in [2.24, 2.45) is 0 Å². The number of hydrogen-bond acceptors (Lipinski definition) is 3. The maximum atomic E-state index is 10.6. The molecule has 0 fully saturated rings. The highest BCUT2D eigenvalue weighted by atomic mass is 16.3. The molecule has 0 atom stereocenters. The smallest absolute Gasteiger partial charge is 0.163 e. The first-order chi connectivity index (χ1) is 4.48. The Bertz CT molecular complexity index is 93.1. The van der Waals surface area contributed by atoms with Crippen LogP contribution in [0, 0.1) is 0 Å². The SMILES string of the molecule is CCC(=O)C(C)(C)O.CO.O. The van der Waals surface area contributed by atoms with E-state index in [1.807, 2.05) is 0 Å². The quantitative estimate of drug-likeness (QED) is 0.580. The summed E-state index contributed by atoms with van der Waals surface area (Å²) in [6.45, 7) is 4.73. The van der Waals surface area contributed by atoms with Crippen LogP contribution >= 0.6 is 0 Å². The Kier molecular flexibility index (Phi) is 11.7. The van der Waals surface area contributed by atoms with Crippen molar-refractivity contribution in [2.45, 2.75) is 32.8 Å². The average Bonchev–Trinajstić information content (AvgIpc) is 1.89. The summed E-state index contributed by atoms with van der Waals surface area (Å²) in [7, 11) is 1.00. The van der Waals surface area contributed by atoms with Crippen molar-refractivity contribution >= 4 is 5.78 Å². The fourth-order valence-corrected chi connectivity index (χ4v) is 0.433. The summed E-state index contributed by atoms with van der Waals surface area (Å²) in [5.74, 6) is -0.113. The number of carbonyl (C=O) groups excluding carboxylic acids is 1. The van der Waals surface area contributed by atoms with E-state index in [1.54, 1.807) is 6.92 Å². The van der Waals surface area contributed by atoms with Gasteiger partial charge in [0.25, 0.3) is 0 Å². The predicted octanol–water partition coefficient (Wildman–Crippen LogP) is -0.480. The maximum absolute atomic E-state index is 10.6. The van der Waals surface area contributed by atoms with Crippen molar-refractivity contribution in [2.75, 3.05) is 7.11 Å². The molecule has 4 heteroatoms. The van der Waals surface area contributed by atoms with Gasteiger partial charge in [-0.1, -0.05) is 6.92 Å². The first kappa shape index (κ1) is 16.9. The predicted molar refractivity (Wildman–Crippen MR) is 43.4 cm³/mol. The number of Topliss-reactive ketones (excluding diaryl/α,β-unsaturated/α-hetero) is 1. The zero-order valence-corrected chi connectivity index (χ0v) is 7.51. The molecule has 0 aliphatic carbocycles. The monoisotopic (exact) mass is 166 g/mol. The first-order valence-electron chi connectivity index (χ1n) is 3.19. The summed E-state index contributed by atoms with van der Waals surface area (Å²) >= 11 is 0. The molecule has 0 aromatic rings. The van der Waals surface area contributed by atoms with E-state index in [0.29, 0.717) is 6.42 Å². The minimum absolute atomic E-state index is 0. The van der Waals surface area contributed by atoms with E-state index in [1.165, 1.54) is 13.8 Å². The highest BCUT2D eigenvalue weighted by Gasteiger charge is 2.20. The molecule has 0 aromatic carbocycles. The molecule has 0 radical (unpaired) electrons. The van der Waals surface area contributed by atoms with E-state index >= 15 is 0 Å². The number of aliphatic hydroxyl groups is 2. The van der Waals surface area contributed by atoms with E-state index in [4.69, 9.17) is 10.2 Å². The van der Waals surface area contributed by atoms with Gasteiger partial charge in [-0.3, -0.25) is 4.79 Å². The van der Waals surface area contributed by atoms with Crippen LogP contribution < -0.4 is 0 Å². The second-order valence-electron chi connectivity index (χ2n) is 2.34. The van der Waals surface area contributed by atoms with Crippen LogP contribution in [0.15, 0.2) is 0 Å². The minimum Gasteiger partial charge on any atom is -0.412 e. The van der Waals surface area contributed by atoms with Gasteiger partial charge in [-0.05, 0) is 13.8 Å².